The smallest absolute Gasteiger partial charge is 0.236 e. The molecule has 0 unspecified atom stereocenters. The molecule has 0 aromatic rings. The number of sulfone groups is 1. The molecule has 0 radical (unpaired) electrons. The van der Waals surface area contributed by atoms with E-state index in [0.29, 0.717) is 36.2 Å². The predicted molar refractivity (Wildman–Crippen MR) is 75.6 cm³/mol. The summed E-state index contributed by atoms with van der Waals surface area (Å²) in [5, 5.41) is 3.34. The van der Waals surface area contributed by atoms with Crippen LogP contribution in [-0.4, -0.2) is 43.3 Å². The van der Waals surface area contributed by atoms with Crippen LogP contribution in [0.3, 0.4) is 0 Å². The molecule has 1 amide bonds. The Balaban J connectivity index is 0.000000771. The summed E-state index contributed by atoms with van der Waals surface area (Å²) in [4.78, 5) is 15.2. The molecule has 5 nitrogen and oxygen atoms in total. The summed E-state index contributed by atoms with van der Waals surface area (Å²) in [6.07, 6.45) is 1.38. The van der Waals surface area contributed by atoms with E-state index in [0.717, 1.165) is 0 Å². The van der Waals surface area contributed by atoms with Gasteiger partial charge in [-0.15, -0.1) is 0 Å². The summed E-state index contributed by atoms with van der Waals surface area (Å²) in [6, 6.07) is 0. The quantitative estimate of drug-likeness (QED) is 0.825. The first kappa shape index (κ1) is 15.5. The van der Waals surface area contributed by atoms with Gasteiger partial charge in [0.05, 0.1) is 17.3 Å². The Bertz CT molecular complexity index is 404. The van der Waals surface area contributed by atoms with Crippen molar-refractivity contribution in [3.8, 4) is 0 Å². The molecule has 2 aliphatic heterocycles. The zero-order valence-electron chi connectivity index (χ0n) is 10.8. The molecule has 1 N–H and O–H groups in total. The van der Waals surface area contributed by atoms with Gasteiger partial charge in [0.15, 0.2) is 5.17 Å². The SMILES string of the molecule is CC.O=C1CSC(=NCC2CCS(=O)(=O)CC2)N1. The van der Waals surface area contributed by atoms with Crippen LogP contribution in [0.15, 0.2) is 4.99 Å². The van der Waals surface area contributed by atoms with Crippen molar-refractivity contribution in [3.05, 3.63) is 0 Å². The van der Waals surface area contributed by atoms with E-state index in [1.807, 2.05) is 13.8 Å². The Morgan fingerprint density at radius 2 is 1.94 bits per heavy atom. The lowest BCUT2D eigenvalue weighted by atomic mass is 10.0. The lowest BCUT2D eigenvalue weighted by Crippen LogP contribution is -2.26. The molecular weight excluding hydrogens is 272 g/mol. The Hall–Kier alpha value is -0.560. The molecule has 18 heavy (non-hydrogen) atoms. The summed E-state index contributed by atoms with van der Waals surface area (Å²) in [7, 11) is -2.79. The number of rotatable bonds is 2. The lowest BCUT2D eigenvalue weighted by molar-refractivity contribution is -0.116. The van der Waals surface area contributed by atoms with E-state index < -0.39 is 9.84 Å². The van der Waals surface area contributed by atoms with Gasteiger partial charge < -0.3 is 5.32 Å². The van der Waals surface area contributed by atoms with Crippen molar-refractivity contribution in [1.29, 1.82) is 0 Å². The zero-order chi connectivity index (χ0) is 13.6. The molecule has 104 valence electrons. The topological polar surface area (TPSA) is 75.6 Å². The first-order valence-electron chi connectivity index (χ1n) is 6.23. The first-order chi connectivity index (χ1) is 8.55. The molecule has 0 aliphatic carbocycles. The van der Waals surface area contributed by atoms with E-state index in [1.165, 1.54) is 11.8 Å². The minimum atomic E-state index is -2.79. The number of hydrogen-bond donors (Lipinski definition) is 1. The molecule has 2 aliphatic rings. The van der Waals surface area contributed by atoms with Crippen LogP contribution in [-0.2, 0) is 14.6 Å². The van der Waals surface area contributed by atoms with Gasteiger partial charge in [0.25, 0.3) is 0 Å². The molecule has 2 rings (SSSR count). The zero-order valence-corrected chi connectivity index (χ0v) is 12.4. The fourth-order valence-electron chi connectivity index (χ4n) is 1.74. The molecule has 2 fully saturated rings. The van der Waals surface area contributed by atoms with Crippen LogP contribution in [0.5, 0.6) is 0 Å². The van der Waals surface area contributed by atoms with Gasteiger partial charge in [-0.05, 0) is 18.8 Å². The Morgan fingerprint density at radius 3 is 2.44 bits per heavy atom. The van der Waals surface area contributed by atoms with Gasteiger partial charge in [0.2, 0.25) is 5.91 Å². The van der Waals surface area contributed by atoms with Crippen molar-refractivity contribution >= 4 is 32.7 Å². The van der Waals surface area contributed by atoms with E-state index in [9.17, 15) is 13.2 Å². The van der Waals surface area contributed by atoms with E-state index in [2.05, 4.69) is 10.3 Å². The average molecular weight is 292 g/mol. The number of amidine groups is 1. The molecule has 2 heterocycles. The molecule has 2 saturated heterocycles. The van der Waals surface area contributed by atoms with Crippen LogP contribution in [0.25, 0.3) is 0 Å². The standard InChI is InChI=1S/C9H14N2O3S2.C2H6/c12-8-6-15-9(11-8)10-5-7-1-3-16(13,14)4-2-7;1-2/h7H,1-6H2,(H,10,11,12);1-2H3. The molecule has 0 saturated carbocycles. The number of carbonyl (C=O) groups is 1. The number of nitrogens with zero attached hydrogens (tertiary/aromatic N) is 1. The van der Waals surface area contributed by atoms with Gasteiger partial charge in [-0.25, -0.2) is 8.42 Å². The number of hydrogen-bond acceptors (Lipinski definition) is 5. The maximum atomic E-state index is 11.2. The van der Waals surface area contributed by atoms with Gasteiger partial charge in [-0.2, -0.15) is 0 Å². The normalized spacial score (nSPS) is 25.4. The van der Waals surface area contributed by atoms with Crippen LogP contribution in [0, 0.1) is 5.92 Å². The van der Waals surface area contributed by atoms with Crippen LogP contribution < -0.4 is 5.32 Å². The summed E-state index contributed by atoms with van der Waals surface area (Å²) >= 11 is 1.41. The maximum Gasteiger partial charge on any atom is 0.236 e. The van der Waals surface area contributed by atoms with Gasteiger partial charge in [0, 0.05) is 6.54 Å². The summed E-state index contributed by atoms with van der Waals surface area (Å²) < 4.78 is 22.4. The lowest BCUT2D eigenvalue weighted by Gasteiger charge is -2.19. The van der Waals surface area contributed by atoms with Crippen molar-refractivity contribution in [1.82, 2.24) is 5.32 Å². The third-order valence-electron chi connectivity index (χ3n) is 2.75. The highest BCUT2D eigenvalue weighted by Crippen LogP contribution is 2.20. The first-order valence-corrected chi connectivity index (χ1v) is 9.03. The van der Waals surface area contributed by atoms with Gasteiger partial charge >= 0.3 is 0 Å². The molecular formula is C11H20N2O3S2. The number of nitrogens with one attached hydrogen (secondary N) is 1. The molecule has 0 aromatic heterocycles. The van der Waals surface area contributed by atoms with E-state index in [1.54, 1.807) is 0 Å². The Morgan fingerprint density at radius 1 is 1.33 bits per heavy atom. The van der Waals surface area contributed by atoms with Gasteiger partial charge in [-0.1, -0.05) is 25.6 Å². The van der Waals surface area contributed by atoms with Crippen molar-refractivity contribution in [2.24, 2.45) is 10.9 Å². The van der Waals surface area contributed by atoms with Crippen LogP contribution >= 0.6 is 11.8 Å². The number of thioether (sulfide) groups is 1. The van der Waals surface area contributed by atoms with Crippen molar-refractivity contribution < 1.29 is 13.2 Å². The minimum Gasteiger partial charge on any atom is -0.305 e. The second-order valence-corrected chi connectivity index (χ2v) is 7.35. The van der Waals surface area contributed by atoms with Crippen molar-refractivity contribution in [2.75, 3.05) is 23.8 Å². The molecule has 0 spiro atoms. The van der Waals surface area contributed by atoms with Crippen LogP contribution in [0.2, 0.25) is 0 Å². The van der Waals surface area contributed by atoms with Crippen molar-refractivity contribution in [2.45, 2.75) is 26.7 Å². The predicted octanol–water partition coefficient (Wildman–Crippen LogP) is 1.06. The fourth-order valence-corrected chi connectivity index (χ4v) is 4.02. The Kier molecular flexibility index (Phi) is 6.14. The second-order valence-electron chi connectivity index (χ2n) is 4.08. The van der Waals surface area contributed by atoms with Gasteiger partial charge in [-0.3, -0.25) is 9.79 Å². The number of aliphatic imine (C=N–C) groups is 1. The molecule has 0 bridgehead atoms. The monoisotopic (exact) mass is 292 g/mol. The highest BCUT2D eigenvalue weighted by atomic mass is 32.2. The van der Waals surface area contributed by atoms with E-state index >= 15 is 0 Å². The number of amides is 1. The second kappa shape index (κ2) is 7.13. The van der Waals surface area contributed by atoms with E-state index in [4.69, 9.17) is 0 Å². The van der Waals surface area contributed by atoms with Gasteiger partial charge in [0.1, 0.15) is 9.84 Å². The highest BCUT2D eigenvalue weighted by Gasteiger charge is 2.24. The van der Waals surface area contributed by atoms with Crippen LogP contribution in [0.1, 0.15) is 26.7 Å². The third kappa shape index (κ3) is 4.97. The summed E-state index contributed by atoms with van der Waals surface area (Å²) in [5.74, 6) is 1.34. The highest BCUT2D eigenvalue weighted by molar-refractivity contribution is 8.15. The minimum absolute atomic E-state index is 0.00466. The molecule has 0 aromatic carbocycles. The molecule has 0 atom stereocenters. The third-order valence-corrected chi connectivity index (χ3v) is 5.38. The van der Waals surface area contributed by atoms with E-state index in [-0.39, 0.29) is 17.4 Å². The van der Waals surface area contributed by atoms with Crippen molar-refractivity contribution in [3.63, 3.8) is 0 Å². The maximum absolute atomic E-state index is 11.2. The summed E-state index contributed by atoms with van der Waals surface area (Å²) in [6.45, 7) is 4.62. The Labute approximate surface area is 113 Å². The average Bonchev–Trinajstić information content (AvgIpc) is 2.76. The van der Waals surface area contributed by atoms with Crippen LogP contribution in [0.4, 0.5) is 0 Å². The fraction of sp³-hybridized carbons (Fsp3) is 0.818. The molecule has 7 heteroatoms. The number of carbonyl (C=O) groups excluding carboxylic acids is 1. The summed E-state index contributed by atoms with van der Waals surface area (Å²) in [5.41, 5.74) is 0. The largest absolute Gasteiger partial charge is 0.305 e.